The first kappa shape index (κ1) is 18.0. The van der Waals surface area contributed by atoms with Gasteiger partial charge in [-0.15, -0.1) is 0 Å². The number of nitrogens with zero attached hydrogens (tertiary/aromatic N) is 2. The fourth-order valence-corrected chi connectivity index (χ4v) is 3.05. The number of methoxy groups -OCH3 is 1. The van der Waals surface area contributed by atoms with E-state index in [-0.39, 0.29) is 11.9 Å². The number of aryl methyl sites for hydroxylation is 3. The first-order chi connectivity index (χ1) is 11.4. The number of hydrogen-bond acceptors (Lipinski definition) is 3. The molecule has 5 nitrogen and oxygen atoms in total. The van der Waals surface area contributed by atoms with Crippen LogP contribution in [0.1, 0.15) is 48.3 Å². The van der Waals surface area contributed by atoms with E-state index in [0.29, 0.717) is 6.42 Å². The molecule has 2 aromatic rings. The van der Waals surface area contributed by atoms with Gasteiger partial charge in [0.15, 0.2) is 0 Å². The second kappa shape index (κ2) is 7.99. The highest BCUT2D eigenvalue weighted by Crippen LogP contribution is 2.21. The number of carbonyl (C=O) groups excluding carboxylic acids is 1. The lowest BCUT2D eigenvalue weighted by molar-refractivity contribution is -0.121. The van der Waals surface area contributed by atoms with Crippen LogP contribution in [0.4, 0.5) is 0 Å². The maximum Gasteiger partial charge on any atom is 0.220 e. The third-order valence-corrected chi connectivity index (χ3v) is 4.40. The van der Waals surface area contributed by atoms with E-state index in [0.717, 1.165) is 35.5 Å². The van der Waals surface area contributed by atoms with Crippen molar-refractivity contribution >= 4 is 5.91 Å². The lowest BCUT2D eigenvalue weighted by Gasteiger charge is -2.15. The smallest absolute Gasteiger partial charge is 0.220 e. The summed E-state index contributed by atoms with van der Waals surface area (Å²) >= 11 is 0. The van der Waals surface area contributed by atoms with Gasteiger partial charge in [0.1, 0.15) is 5.75 Å². The summed E-state index contributed by atoms with van der Waals surface area (Å²) < 4.78 is 7.01. The topological polar surface area (TPSA) is 56.1 Å². The Hall–Kier alpha value is -2.30. The Morgan fingerprint density at radius 3 is 2.50 bits per heavy atom. The summed E-state index contributed by atoms with van der Waals surface area (Å²) in [6.45, 7) is 6.02. The van der Waals surface area contributed by atoms with Crippen LogP contribution in [0.25, 0.3) is 0 Å². The van der Waals surface area contributed by atoms with Crippen molar-refractivity contribution < 1.29 is 9.53 Å². The van der Waals surface area contributed by atoms with Crippen molar-refractivity contribution in [1.29, 1.82) is 0 Å². The Morgan fingerprint density at radius 2 is 1.96 bits per heavy atom. The molecule has 1 unspecified atom stereocenters. The van der Waals surface area contributed by atoms with Crippen molar-refractivity contribution in [3.63, 3.8) is 0 Å². The molecule has 1 heterocycles. The minimum atomic E-state index is -0.0211. The highest BCUT2D eigenvalue weighted by molar-refractivity contribution is 5.76. The summed E-state index contributed by atoms with van der Waals surface area (Å²) in [6, 6.07) is 7.97. The van der Waals surface area contributed by atoms with Crippen molar-refractivity contribution in [2.45, 2.75) is 46.1 Å². The zero-order valence-corrected chi connectivity index (χ0v) is 15.2. The summed E-state index contributed by atoms with van der Waals surface area (Å²) in [6.07, 6.45) is 2.24. The predicted octanol–water partition coefficient (Wildman–Crippen LogP) is 3.25. The van der Waals surface area contributed by atoms with Crippen LogP contribution in [-0.4, -0.2) is 22.8 Å². The molecule has 0 bridgehead atoms. The zero-order valence-electron chi connectivity index (χ0n) is 15.2. The highest BCUT2D eigenvalue weighted by atomic mass is 16.5. The number of rotatable bonds is 7. The quantitative estimate of drug-likeness (QED) is 0.848. The summed E-state index contributed by atoms with van der Waals surface area (Å²) in [5.41, 5.74) is 4.40. The molecule has 1 amide bonds. The Kier molecular flexibility index (Phi) is 6.01. The molecule has 1 aromatic carbocycles. The Morgan fingerprint density at radius 1 is 1.29 bits per heavy atom. The van der Waals surface area contributed by atoms with Gasteiger partial charge in [-0.25, -0.2) is 0 Å². The van der Waals surface area contributed by atoms with Crippen molar-refractivity contribution in [2.24, 2.45) is 7.05 Å². The minimum absolute atomic E-state index is 0.0211. The number of nitrogens with one attached hydrogen (secondary N) is 1. The number of aromatic nitrogens is 2. The maximum atomic E-state index is 12.2. The average molecular weight is 329 g/mol. The second-order valence-electron chi connectivity index (χ2n) is 6.20. The third kappa shape index (κ3) is 4.37. The largest absolute Gasteiger partial charge is 0.497 e. The van der Waals surface area contributed by atoms with E-state index >= 15 is 0 Å². The predicted molar refractivity (Wildman–Crippen MR) is 95.2 cm³/mol. The molecule has 1 N–H and O–H groups in total. The number of amides is 1. The van der Waals surface area contributed by atoms with Crippen molar-refractivity contribution in [3.05, 3.63) is 46.8 Å². The summed E-state index contributed by atoms with van der Waals surface area (Å²) in [5.74, 6) is 0.936. The molecular weight excluding hydrogens is 302 g/mol. The Labute approximate surface area is 144 Å². The fourth-order valence-electron chi connectivity index (χ4n) is 3.05. The van der Waals surface area contributed by atoms with Crippen molar-refractivity contribution in [1.82, 2.24) is 15.1 Å². The van der Waals surface area contributed by atoms with E-state index < -0.39 is 0 Å². The molecule has 0 fully saturated rings. The van der Waals surface area contributed by atoms with Crippen molar-refractivity contribution in [2.75, 3.05) is 7.11 Å². The molecule has 0 aliphatic heterocycles. The van der Waals surface area contributed by atoms with E-state index in [1.54, 1.807) is 7.11 Å². The van der Waals surface area contributed by atoms with E-state index in [1.165, 1.54) is 5.56 Å². The third-order valence-electron chi connectivity index (χ3n) is 4.40. The second-order valence-corrected chi connectivity index (χ2v) is 6.20. The summed E-state index contributed by atoms with van der Waals surface area (Å²) in [4.78, 5) is 12.2. The molecule has 130 valence electrons. The molecule has 2 rings (SSSR count). The lowest BCUT2D eigenvalue weighted by atomic mass is 10.1. The van der Waals surface area contributed by atoms with E-state index in [1.807, 2.05) is 56.8 Å². The lowest BCUT2D eigenvalue weighted by Crippen LogP contribution is -2.27. The summed E-state index contributed by atoms with van der Waals surface area (Å²) in [7, 11) is 3.58. The maximum absolute atomic E-state index is 12.2. The number of ether oxygens (including phenoxy) is 1. The SMILES string of the molecule is COc1ccc(CCCC(=O)NC(C)c2c(C)nn(C)c2C)cc1. The minimum Gasteiger partial charge on any atom is -0.497 e. The molecule has 0 aliphatic carbocycles. The van der Waals surface area contributed by atoms with Crippen LogP contribution in [0.5, 0.6) is 5.75 Å². The monoisotopic (exact) mass is 329 g/mol. The summed E-state index contributed by atoms with van der Waals surface area (Å²) in [5, 5.41) is 7.49. The molecule has 0 radical (unpaired) electrons. The number of hydrogen-bond donors (Lipinski definition) is 1. The van der Waals surface area contributed by atoms with Crippen LogP contribution in [0.3, 0.4) is 0 Å². The van der Waals surface area contributed by atoms with Crippen LogP contribution in [0, 0.1) is 13.8 Å². The van der Waals surface area contributed by atoms with Gasteiger partial charge in [0.25, 0.3) is 0 Å². The average Bonchev–Trinajstić information content (AvgIpc) is 2.80. The molecule has 0 aliphatic rings. The van der Waals surface area contributed by atoms with E-state index in [4.69, 9.17) is 4.74 Å². The van der Waals surface area contributed by atoms with Gasteiger partial charge in [-0.05, 0) is 51.3 Å². The molecule has 0 saturated heterocycles. The Balaban J connectivity index is 1.82. The standard InChI is InChI=1S/C19H27N3O2/c1-13(19-14(2)21-22(4)15(19)3)20-18(23)8-6-7-16-9-11-17(24-5)12-10-16/h9-13H,6-8H2,1-5H3,(H,20,23). The Bertz CT molecular complexity index is 689. The van der Waals surface area contributed by atoms with Gasteiger partial charge < -0.3 is 10.1 Å². The van der Waals surface area contributed by atoms with Crippen LogP contribution < -0.4 is 10.1 Å². The zero-order chi connectivity index (χ0) is 17.7. The van der Waals surface area contributed by atoms with Gasteiger partial charge >= 0.3 is 0 Å². The van der Waals surface area contributed by atoms with E-state index in [9.17, 15) is 4.79 Å². The normalized spacial score (nSPS) is 12.0. The van der Waals surface area contributed by atoms with Crippen LogP contribution in [-0.2, 0) is 18.3 Å². The molecule has 5 heteroatoms. The number of carbonyl (C=O) groups is 1. The van der Waals surface area contributed by atoms with Gasteiger partial charge in [0.2, 0.25) is 5.91 Å². The van der Waals surface area contributed by atoms with Gasteiger partial charge in [-0.1, -0.05) is 12.1 Å². The molecule has 1 aromatic heterocycles. The first-order valence-electron chi connectivity index (χ1n) is 8.34. The van der Waals surface area contributed by atoms with Crippen LogP contribution >= 0.6 is 0 Å². The molecule has 0 saturated carbocycles. The van der Waals surface area contributed by atoms with Crippen LogP contribution in [0.2, 0.25) is 0 Å². The first-order valence-corrected chi connectivity index (χ1v) is 8.34. The highest BCUT2D eigenvalue weighted by Gasteiger charge is 2.17. The molecule has 0 spiro atoms. The number of benzene rings is 1. The van der Waals surface area contributed by atoms with Gasteiger partial charge in [0.05, 0.1) is 18.8 Å². The fraction of sp³-hybridized carbons (Fsp3) is 0.474. The van der Waals surface area contributed by atoms with Gasteiger partial charge in [-0.3, -0.25) is 9.48 Å². The molecule has 1 atom stereocenters. The van der Waals surface area contributed by atoms with Gasteiger partial charge in [-0.2, -0.15) is 5.10 Å². The van der Waals surface area contributed by atoms with E-state index in [2.05, 4.69) is 10.4 Å². The molecule has 24 heavy (non-hydrogen) atoms. The van der Waals surface area contributed by atoms with Crippen molar-refractivity contribution in [3.8, 4) is 5.75 Å². The molecular formula is C19H27N3O2. The van der Waals surface area contributed by atoms with Crippen LogP contribution in [0.15, 0.2) is 24.3 Å². The van der Waals surface area contributed by atoms with Gasteiger partial charge in [0, 0.05) is 24.7 Å².